The molecule has 0 aliphatic heterocycles. The molecule has 1 atom stereocenters. The molecule has 28 heavy (non-hydrogen) atoms. The van der Waals surface area contributed by atoms with Gasteiger partial charge in [-0.1, -0.05) is 24.1 Å². The van der Waals surface area contributed by atoms with Crippen molar-refractivity contribution in [1.82, 2.24) is 9.71 Å². The van der Waals surface area contributed by atoms with Crippen molar-refractivity contribution >= 4 is 11.9 Å². The molecule has 0 radical (unpaired) electrons. The zero-order chi connectivity index (χ0) is 21.4. The summed E-state index contributed by atoms with van der Waals surface area (Å²) in [7, 11) is 0. The molecule has 0 fully saturated rings. The summed E-state index contributed by atoms with van der Waals surface area (Å²) in [6, 6.07) is 6.52. The fourth-order valence-electron chi connectivity index (χ4n) is 1.97. The average Bonchev–Trinajstić information content (AvgIpc) is 2.58. The quantitative estimate of drug-likeness (QED) is 0.492. The number of benzene rings is 1. The predicted octanol–water partition coefficient (Wildman–Crippen LogP) is 5.53. The largest absolute Gasteiger partial charge is 0.419 e. The summed E-state index contributed by atoms with van der Waals surface area (Å²) in [4.78, 5) is 4.04. The van der Waals surface area contributed by atoms with Crippen LogP contribution in [0.15, 0.2) is 42.6 Å². The second-order valence-electron chi connectivity index (χ2n) is 6.75. The van der Waals surface area contributed by atoms with E-state index in [1.165, 1.54) is 24.1 Å². The highest BCUT2D eigenvalue weighted by molar-refractivity contribution is 7.98. The van der Waals surface area contributed by atoms with Gasteiger partial charge in [0.25, 0.3) is 0 Å². The van der Waals surface area contributed by atoms with E-state index in [4.69, 9.17) is 5.11 Å². The van der Waals surface area contributed by atoms with E-state index in [1.807, 2.05) is 0 Å². The molecule has 2 aromatic rings. The van der Waals surface area contributed by atoms with Crippen LogP contribution in [0.1, 0.15) is 44.5 Å². The van der Waals surface area contributed by atoms with Crippen LogP contribution in [0, 0.1) is 11.6 Å². The predicted molar refractivity (Wildman–Crippen MR) is 101 cm³/mol. The number of hydrogen-bond donors (Lipinski definition) is 2. The van der Waals surface area contributed by atoms with E-state index >= 15 is 0 Å². The van der Waals surface area contributed by atoms with Crippen LogP contribution in [0.3, 0.4) is 0 Å². The van der Waals surface area contributed by atoms with Gasteiger partial charge in [0.1, 0.15) is 11.6 Å². The highest BCUT2D eigenvalue weighted by Crippen LogP contribution is 2.30. The average molecular weight is 422 g/mol. The Bertz CT molecular complexity index is 735. The van der Waals surface area contributed by atoms with Crippen LogP contribution in [0.4, 0.5) is 22.0 Å². The Morgan fingerprint density at radius 2 is 1.64 bits per heavy atom. The summed E-state index contributed by atoms with van der Waals surface area (Å²) in [5, 5.41) is 9.02. The molecule has 0 amide bonds. The number of aliphatic hydroxyl groups excluding tert-OH is 1. The monoisotopic (exact) mass is 422 g/mol. The Morgan fingerprint density at radius 1 is 1.04 bits per heavy atom. The van der Waals surface area contributed by atoms with E-state index in [9.17, 15) is 22.0 Å². The minimum absolute atomic E-state index is 0.00160. The highest BCUT2D eigenvalue weighted by atomic mass is 32.2. The number of hydrogen-bond acceptors (Lipinski definition) is 4. The van der Waals surface area contributed by atoms with E-state index in [0.29, 0.717) is 18.2 Å². The molecular formula is C19H23F5N2OS. The van der Waals surface area contributed by atoms with Crippen LogP contribution in [0.2, 0.25) is 0 Å². The van der Waals surface area contributed by atoms with Crippen LogP contribution in [0.5, 0.6) is 0 Å². The first kappa shape index (κ1) is 24.3. The van der Waals surface area contributed by atoms with Crippen molar-refractivity contribution in [1.29, 1.82) is 0 Å². The van der Waals surface area contributed by atoms with E-state index < -0.39 is 17.6 Å². The van der Waals surface area contributed by atoms with Gasteiger partial charge >= 0.3 is 6.18 Å². The van der Waals surface area contributed by atoms with Crippen LogP contribution >= 0.6 is 11.9 Å². The third-order valence-corrected chi connectivity index (χ3v) is 4.24. The normalized spacial score (nSPS) is 12.9. The lowest BCUT2D eigenvalue weighted by atomic mass is 10.1. The molecule has 1 unspecified atom stereocenters. The first-order valence-electron chi connectivity index (χ1n) is 8.42. The number of nitrogens with one attached hydrogen (secondary N) is 1. The Hall–Kier alpha value is -1.71. The van der Waals surface area contributed by atoms with Crippen molar-refractivity contribution in [3.8, 4) is 0 Å². The Labute approximate surface area is 165 Å². The minimum atomic E-state index is -4.59. The molecule has 9 heteroatoms. The Kier molecular flexibility index (Phi) is 9.32. The lowest BCUT2D eigenvalue weighted by Gasteiger charge is -2.23. The number of rotatable bonds is 5. The molecular weight excluding hydrogens is 399 g/mol. The zero-order valence-corrected chi connectivity index (χ0v) is 16.5. The summed E-state index contributed by atoms with van der Waals surface area (Å²) >= 11 is 1.52. The first-order valence-corrected chi connectivity index (χ1v) is 9.24. The van der Waals surface area contributed by atoms with Gasteiger partial charge in [-0.3, -0.25) is 9.71 Å². The molecule has 1 aromatic heterocycles. The van der Waals surface area contributed by atoms with Crippen molar-refractivity contribution in [2.75, 3.05) is 6.61 Å². The third-order valence-electron chi connectivity index (χ3n) is 3.22. The minimum Gasteiger partial charge on any atom is -0.396 e. The van der Waals surface area contributed by atoms with Crippen molar-refractivity contribution in [3.05, 3.63) is 65.5 Å². The van der Waals surface area contributed by atoms with Gasteiger partial charge in [-0.2, -0.15) is 13.2 Å². The summed E-state index contributed by atoms with van der Waals surface area (Å²) in [5.74, 6) is -1.58. The standard InChI is InChI=1S/C12H19FN2OS.C7H4F4/c1-12(2,3)17-15-10(6-8-16)11-9(13)5-4-7-14-11;8-6-4-2-1-3-5(6)7(9,10)11/h4-5,7,10,15-16H,6,8H2,1-3H3;1-4H. The maximum absolute atomic E-state index is 13.6. The van der Waals surface area contributed by atoms with Crippen molar-refractivity contribution in [2.24, 2.45) is 0 Å². The highest BCUT2D eigenvalue weighted by Gasteiger charge is 2.33. The van der Waals surface area contributed by atoms with Gasteiger partial charge < -0.3 is 5.11 Å². The maximum atomic E-state index is 13.6. The summed E-state index contributed by atoms with van der Waals surface area (Å²) in [6.45, 7) is 6.19. The maximum Gasteiger partial charge on any atom is 0.419 e. The molecule has 156 valence electrons. The van der Waals surface area contributed by atoms with Gasteiger partial charge in [0.15, 0.2) is 0 Å². The van der Waals surface area contributed by atoms with Crippen molar-refractivity contribution in [3.63, 3.8) is 0 Å². The third kappa shape index (κ3) is 8.53. The Morgan fingerprint density at radius 3 is 2.11 bits per heavy atom. The van der Waals surface area contributed by atoms with E-state index in [-0.39, 0.29) is 23.2 Å². The van der Waals surface area contributed by atoms with Crippen LogP contribution in [-0.2, 0) is 6.18 Å². The fourth-order valence-corrected chi connectivity index (χ4v) is 2.70. The van der Waals surface area contributed by atoms with Gasteiger partial charge in [0, 0.05) is 17.6 Å². The SMILES string of the molecule is CC(C)(C)SNC(CCO)c1ncccc1F.Fc1ccccc1C(F)(F)F. The molecule has 0 spiro atoms. The first-order chi connectivity index (χ1) is 13.0. The zero-order valence-electron chi connectivity index (χ0n) is 15.7. The number of aliphatic hydroxyl groups is 1. The summed E-state index contributed by atoms with van der Waals surface area (Å²) in [6.07, 6.45) is -2.59. The Balaban J connectivity index is 0.000000307. The smallest absolute Gasteiger partial charge is 0.396 e. The molecule has 2 rings (SSSR count). The molecule has 3 nitrogen and oxygen atoms in total. The van der Waals surface area contributed by atoms with Crippen molar-refractivity contribution in [2.45, 2.75) is 44.2 Å². The number of nitrogens with zero attached hydrogens (tertiary/aromatic N) is 1. The van der Waals surface area contributed by atoms with E-state index in [1.54, 1.807) is 12.3 Å². The molecule has 0 saturated carbocycles. The van der Waals surface area contributed by atoms with Gasteiger partial charge in [0.2, 0.25) is 0 Å². The van der Waals surface area contributed by atoms with E-state index in [0.717, 1.165) is 12.1 Å². The van der Waals surface area contributed by atoms with Crippen LogP contribution < -0.4 is 4.72 Å². The fraction of sp³-hybridized carbons (Fsp3) is 0.421. The van der Waals surface area contributed by atoms with Gasteiger partial charge in [-0.25, -0.2) is 8.78 Å². The molecule has 2 N–H and O–H groups in total. The van der Waals surface area contributed by atoms with Crippen LogP contribution in [-0.4, -0.2) is 21.4 Å². The second kappa shape index (κ2) is 10.7. The molecule has 0 bridgehead atoms. The topological polar surface area (TPSA) is 45.1 Å². The van der Waals surface area contributed by atoms with Gasteiger partial charge in [-0.15, -0.1) is 0 Å². The molecule has 1 heterocycles. The summed E-state index contributed by atoms with van der Waals surface area (Å²) in [5.41, 5.74) is -0.863. The summed E-state index contributed by atoms with van der Waals surface area (Å²) < 4.78 is 64.6. The number of halogens is 5. The van der Waals surface area contributed by atoms with Crippen molar-refractivity contribution < 1.29 is 27.1 Å². The lowest BCUT2D eigenvalue weighted by Crippen LogP contribution is -2.24. The molecule has 0 aliphatic rings. The molecule has 1 aromatic carbocycles. The van der Waals surface area contributed by atoms with E-state index in [2.05, 4.69) is 30.5 Å². The van der Waals surface area contributed by atoms with Crippen LogP contribution in [0.25, 0.3) is 0 Å². The number of pyridine rings is 1. The lowest BCUT2D eigenvalue weighted by molar-refractivity contribution is -0.140. The molecule has 0 aliphatic carbocycles. The second-order valence-corrected chi connectivity index (χ2v) is 8.41. The number of aromatic nitrogens is 1. The van der Waals surface area contributed by atoms with Gasteiger partial charge in [0.05, 0.1) is 17.3 Å². The van der Waals surface area contributed by atoms with Gasteiger partial charge in [-0.05, 0) is 51.5 Å². The number of alkyl halides is 3. The molecule has 0 saturated heterocycles.